The number of carbonyl (C=O) groups excluding carboxylic acids is 1. The van der Waals surface area contributed by atoms with Crippen molar-refractivity contribution in [2.75, 3.05) is 31.6 Å². The summed E-state index contributed by atoms with van der Waals surface area (Å²) in [6, 6.07) is 13.8. The molecule has 1 aliphatic carbocycles. The van der Waals surface area contributed by atoms with Crippen LogP contribution in [0.3, 0.4) is 0 Å². The maximum Gasteiger partial charge on any atom is 0.254 e. The molecule has 2 N–H and O–H groups in total. The molecule has 2 bridgehead atoms. The highest BCUT2D eigenvalue weighted by Gasteiger charge is 2.47. The number of nitriles is 1. The number of nitrogens with two attached hydrogens (primary N) is 1. The van der Waals surface area contributed by atoms with Crippen LogP contribution in [0, 0.1) is 23.2 Å². The van der Waals surface area contributed by atoms with E-state index in [4.69, 9.17) is 15.5 Å². The van der Waals surface area contributed by atoms with Crippen molar-refractivity contribution >= 4 is 33.8 Å². The Balaban J connectivity index is 1.19. The van der Waals surface area contributed by atoms with E-state index in [-0.39, 0.29) is 23.8 Å². The number of hydrogen-bond donors (Lipinski definition) is 1. The fourth-order valence-corrected chi connectivity index (χ4v) is 7.42. The number of aryl methyl sites for hydroxylation is 1. The van der Waals surface area contributed by atoms with Crippen LogP contribution in [0.5, 0.6) is 5.75 Å². The number of amides is 1. The van der Waals surface area contributed by atoms with Gasteiger partial charge in [0.1, 0.15) is 28.8 Å². The molecule has 5 aromatic rings. The van der Waals surface area contributed by atoms with Crippen LogP contribution >= 0.6 is 0 Å². The quantitative estimate of drug-likeness (QED) is 0.317. The summed E-state index contributed by atoms with van der Waals surface area (Å²) in [6.45, 7) is 2.93. The maximum absolute atomic E-state index is 13.8. The average Bonchev–Trinajstić information content (AvgIpc) is 3.77. The molecule has 2 aliphatic heterocycles. The van der Waals surface area contributed by atoms with E-state index < -0.39 is 0 Å². The molecule has 222 valence electrons. The molecule has 12 heteroatoms. The van der Waals surface area contributed by atoms with Crippen molar-refractivity contribution in [1.29, 1.82) is 5.26 Å². The second-order valence-electron chi connectivity index (χ2n) is 12.2. The first kappa shape index (κ1) is 26.6. The second-order valence-corrected chi connectivity index (χ2v) is 12.2. The van der Waals surface area contributed by atoms with Crippen LogP contribution in [0.25, 0.3) is 33.6 Å². The number of aromatic nitrogens is 6. The molecular weight excluding hydrogens is 556 g/mol. The van der Waals surface area contributed by atoms with Gasteiger partial charge in [0.15, 0.2) is 5.82 Å². The van der Waals surface area contributed by atoms with Gasteiger partial charge in [-0.15, -0.1) is 0 Å². The Morgan fingerprint density at radius 1 is 1.11 bits per heavy atom. The third-order valence-electron chi connectivity index (χ3n) is 9.67. The molecule has 12 nitrogen and oxygen atoms in total. The topological polar surface area (TPSA) is 144 Å². The van der Waals surface area contributed by atoms with Gasteiger partial charge in [-0.25, -0.2) is 19.9 Å². The molecule has 3 fully saturated rings. The number of likely N-dealkylation sites (tertiary alicyclic amines) is 1. The summed E-state index contributed by atoms with van der Waals surface area (Å²) < 4.78 is 10.2. The first-order valence-corrected chi connectivity index (χ1v) is 15.0. The Bertz CT molecular complexity index is 1980. The zero-order chi connectivity index (χ0) is 30.1. The second kappa shape index (κ2) is 10.0. The zero-order valence-electron chi connectivity index (χ0n) is 24.6. The third-order valence-corrected chi connectivity index (χ3v) is 9.67. The van der Waals surface area contributed by atoms with Crippen LogP contribution in [-0.4, -0.2) is 78.7 Å². The summed E-state index contributed by atoms with van der Waals surface area (Å²) in [7, 11) is 3.64. The fourth-order valence-electron chi connectivity index (χ4n) is 7.42. The average molecular weight is 589 g/mol. The minimum Gasteiger partial charge on any atom is -0.494 e. The van der Waals surface area contributed by atoms with Crippen molar-refractivity contribution in [2.45, 2.75) is 31.5 Å². The number of piperidine rings is 1. The van der Waals surface area contributed by atoms with E-state index in [1.165, 1.54) is 0 Å². The predicted molar refractivity (Wildman–Crippen MR) is 164 cm³/mol. The summed E-state index contributed by atoms with van der Waals surface area (Å²) >= 11 is 0. The number of rotatable bonds is 6. The number of carbonyl (C=O) groups is 1. The SMILES string of the molecule is COc1cc(C(=O)N2C[C@H]3CC[C@@H]2[C@@H]3N)cc2nc(-c3cc4cccnc4n3C)n(CC3CN(c4ccnc(C#N)n4)C3)c12. The molecule has 1 aromatic carbocycles. The Labute approximate surface area is 253 Å². The van der Waals surface area contributed by atoms with E-state index >= 15 is 0 Å². The van der Waals surface area contributed by atoms with Crippen molar-refractivity contribution in [1.82, 2.24) is 34.0 Å². The first-order valence-electron chi connectivity index (χ1n) is 15.0. The molecule has 0 unspecified atom stereocenters. The number of pyridine rings is 1. The number of ether oxygens (including phenoxy) is 1. The monoisotopic (exact) mass is 588 g/mol. The largest absolute Gasteiger partial charge is 0.494 e. The summed E-state index contributed by atoms with van der Waals surface area (Å²) in [5.74, 6) is 2.97. The minimum atomic E-state index is -0.0195. The highest BCUT2D eigenvalue weighted by molar-refractivity contribution is 6.00. The van der Waals surface area contributed by atoms with E-state index in [0.29, 0.717) is 41.8 Å². The Morgan fingerprint density at radius 3 is 2.70 bits per heavy atom. The van der Waals surface area contributed by atoms with Gasteiger partial charge in [-0.05, 0) is 55.2 Å². The Morgan fingerprint density at radius 2 is 1.98 bits per heavy atom. The van der Waals surface area contributed by atoms with Gasteiger partial charge in [0.05, 0.1) is 18.3 Å². The van der Waals surface area contributed by atoms with Crippen LogP contribution in [-0.2, 0) is 13.6 Å². The lowest BCUT2D eigenvalue weighted by Crippen LogP contribution is -2.49. The molecule has 2 saturated heterocycles. The summed E-state index contributed by atoms with van der Waals surface area (Å²) in [6.07, 6.45) is 5.45. The Kier molecular flexibility index (Phi) is 6.06. The predicted octanol–water partition coefficient (Wildman–Crippen LogP) is 2.96. The summed E-state index contributed by atoms with van der Waals surface area (Å²) in [5.41, 5.74) is 10.4. The van der Waals surface area contributed by atoms with E-state index in [1.807, 2.05) is 48.3 Å². The molecular formula is C32H32N10O2. The van der Waals surface area contributed by atoms with Gasteiger partial charge in [0.25, 0.3) is 5.91 Å². The molecule has 0 spiro atoms. The van der Waals surface area contributed by atoms with Crippen molar-refractivity contribution in [3.8, 4) is 23.3 Å². The van der Waals surface area contributed by atoms with Crippen molar-refractivity contribution in [3.63, 3.8) is 0 Å². The van der Waals surface area contributed by atoms with E-state index in [9.17, 15) is 10.1 Å². The molecule has 6 heterocycles. The fraction of sp³-hybridized carbons (Fsp3) is 0.375. The van der Waals surface area contributed by atoms with Gasteiger partial charge in [0.2, 0.25) is 5.82 Å². The number of benzene rings is 1. The van der Waals surface area contributed by atoms with Gasteiger partial charge in [0, 0.05) is 74.6 Å². The van der Waals surface area contributed by atoms with Gasteiger partial charge in [-0.2, -0.15) is 5.26 Å². The number of anilines is 1. The lowest BCUT2D eigenvalue weighted by Gasteiger charge is -2.40. The Hall–Kier alpha value is -5.02. The molecule has 4 aromatic heterocycles. The molecule has 0 radical (unpaired) electrons. The third kappa shape index (κ3) is 4.03. The first-order chi connectivity index (χ1) is 21.4. The van der Waals surface area contributed by atoms with Gasteiger partial charge >= 0.3 is 0 Å². The number of hydrogen-bond acceptors (Lipinski definition) is 9. The molecule has 44 heavy (non-hydrogen) atoms. The van der Waals surface area contributed by atoms with Crippen LogP contribution in [0.15, 0.2) is 48.8 Å². The standard InChI is InChI=1S/C32H32N10O2/c1-39-24(11-19-4-3-8-36-30(19)39)31-37-22-10-21(32(43)41-17-20-5-6-23(41)28(20)34)12-25(44-2)29(22)42(31)16-18-14-40(15-18)27-7-9-35-26(13-33)38-27/h3-4,7-12,18,20,23,28H,5-6,14-17,34H2,1-2H3/t20-,23-,28-/m1/s1. The minimum absolute atomic E-state index is 0.0195. The molecule has 1 saturated carbocycles. The van der Waals surface area contributed by atoms with E-state index in [1.54, 1.807) is 19.5 Å². The van der Waals surface area contributed by atoms with Gasteiger partial charge in [-0.1, -0.05) is 0 Å². The zero-order valence-corrected chi connectivity index (χ0v) is 24.6. The maximum atomic E-state index is 13.8. The smallest absolute Gasteiger partial charge is 0.254 e. The number of methoxy groups -OCH3 is 1. The number of nitrogens with zero attached hydrogens (tertiary/aromatic N) is 9. The van der Waals surface area contributed by atoms with Crippen LogP contribution in [0.4, 0.5) is 5.82 Å². The summed E-state index contributed by atoms with van der Waals surface area (Å²) in [4.78, 5) is 36.0. The molecule has 1 amide bonds. The molecule has 3 atom stereocenters. The van der Waals surface area contributed by atoms with Crippen molar-refractivity contribution < 1.29 is 9.53 Å². The normalized spacial score (nSPS) is 21.3. The highest BCUT2D eigenvalue weighted by Crippen LogP contribution is 2.40. The van der Waals surface area contributed by atoms with Crippen molar-refractivity contribution in [3.05, 3.63) is 60.2 Å². The van der Waals surface area contributed by atoms with Gasteiger partial charge < -0.3 is 29.4 Å². The van der Waals surface area contributed by atoms with E-state index in [2.05, 4.69) is 35.1 Å². The van der Waals surface area contributed by atoms with Crippen LogP contribution < -0.4 is 15.4 Å². The van der Waals surface area contributed by atoms with Crippen molar-refractivity contribution in [2.24, 2.45) is 24.6 Å². The number of imidazole rings is 1. The molecule has 8 rings (SSSR count). The molecule has 3 aliphatic rings. The lowest BCUT2D eigenvalue weighted by atomic mass is 9.99. The van der Waals surface area contributed by atoms with E-state index in [0.717, 1.165) is 59.8 Å². The lowest BCUT2D eigenvalue weighted by molar-refractivity contribution is 0.0700. The van der Waals surface area contributed by atoms with Crippen LogP contribution in [0.2, 0.25) is 0 Å². The van der Waals surface area contributed by atoms with Gasteiger partial charge in [-0.3, -0.25) is 4.79 Å². The highest BCUT2D eigenvalue weighted by atomic mass is 16.5. The number of fused-ring (bicyclic) bond motifs is 4. The summed E-state index contributed by atoms with van der Waals surface area (Å²) in [5, 5.41) is 10.3. The van der Waals surface area contributed by atoms with Crippen LogP contribution in [0.1, 0.15) is 29.0 Å².